The summed E-state index contributed by atoms with van der Waals surface area (Å²) < 4.78 is 156. The molecule has 0 spiro atoms. The minimum Gasteiger partial charge on any atom is -0.493 e. The number of benzene rings is 1. The number of hydrogen-bond acceptors (Lipinski definition) is 8. The molecule has 0 radical (unpaired) electrons. The third-order valence-electron chi connectivity index (χ3n) is 3.96. The van der Waals surface area contributed by atoms with Gasteiger partial charge in [0.05, 0.1) is 36.0 Å². The monoisotopic (exact) mass is 405 g/mol. The fourth-order valence-electron chi connectivity index (χ4n) is 2.58. The summed E-state index contributed by atoms with van der Waals surface area (Å²) in [5.41, 5.74) is -0.465. The summed E-state index contributed by atoms with van der Waals surface area (Å²) in [4.78, 5) is 22.1. The second-order valence-corrected chi connectivity index (χ2v) is 5.58. The standard InChI is InChI=1S/C19H25N5O4/c1-26-15-10-12-13(11-16(15)27-2)21-19(22-17(12)20)24-7-5-23(6-8-24)18(25)14-4-3-9-28-14/h10-11,14H,3-9H2,1-2H3,(H2,20,21,22)/i1D3,2D3,3D2,4D2,7D2,8D2,9D2/hD2. The van der Waals surface area contributed by atoms with Crippen LogP contribution in [0, 0.1) is 0 Å². The van der Waals surface area contributed by atoms with Crippen LogP contribution in [0.1, 0.15) is 34.7 Å². The Kier molecular flexibility index (Phi) is 1.89. The van der Waals surface area contributed by atoms with Gasteiger partial charge in [0.1, 0.15) is 11.9 Å². The molecule has 0 bridgehead atoms. The van der Waals surface area contributed by atoms with E-state index in [4.69, 9.17) is 39.0 Å². The zero-order valence-electron chi connectivity index (χ0n) is 32.0. The first-order valence-corrected chi connectivity index (χ1v) is 7.79. The van der Waals surface area contributed by atoms with E-state index in [2.05, 4.69) is 9.97 Å². The quantitative estimate of drug-likeness (QED) is 0.788. The average Bonchev–Trinajstić information content (AvgIpc) is 2.95. The minimum atomic E-state index is -3.32. The van der Waals surface area contributed by atoms with Gasteiger partial charge in [-0.15, -0.1) is 0 Å². The molecule has 0 saturated carbocycles. The zero-order valence-corrected chi connectivity index (χ0v) is 14.0. The van der Waals surface area contributed by atoms with Crippen molar-refractivity contribution in [3.05, 3.63) is 12.1 Å². The van der Waals surface area contributed by atoms with E-state index >= 15 is 0 Å². The van der Waals surface area contributed by atoms with E-state index in [1.807, 2.05) is 0 Å². The number of carbonyl (C=O) groups is 1. The Hall–Kier alpha value is -2.81. The predicted molar refractivity (Wildman–Crippen MR) is 105 cm³/mol. The summed E-state index contributed by atoms with van der Waals surface area (Å²) in [6, 6.07) is 1.71. The molecule has 9 heteroatoms. The number of nitrogens with zero attached hydrogens (tertiary/aromatic N) is 4. The molecule has 2 saturated heterocycles. The molecule has 2 fully saturated rings. The molecule has 1 amide bonds. The number of amides is 1. The fraction of sp³-hybridized carbons (Fsp3) is 0.526. The van der Waals surface area contributed by atoms with Gasteiger partial charge in [-0.2, -0.15) is 4.98 Å². The third kappa shape index (κ3) is 3.37. The smallest absolute Gasteiger partial charge is 0.251 e. The van der Waals surface area contributed by atoms with Crippen molar-refractivity contribution in [2.24, 2.45) is 0 Å². The van der Waals surface area contributed by atoms with Gasteiger partial charge in [0.2, 0.25) is 5.95 Å². The molecule has 1 aromatic heterocycles. The molecule has 0 aliphatic carbocycles. The Morgan fingerprint density at radius 3 is 2.79 bits per heavy atom. The van der Waals surface area contributed by atoms with Crippen molar-refractivity contribution in [3.8, 4) is 11.5 Å². The number of nitrogen functional groups attached to an aromatic ring is 1. The maximum absolute atomic E-state index is 13.3. The lowest BCUT2D eigenvalue weighted by atomic mass is 10.2. The van der Waals surface area contributed by atoms with Crippen molar-refractivity contribution < 1.29 is 43.8 Å². The first-order chi connectivity index (χ1) is 20.5. The molecule has 1 unspecified atom stereocenters. The molecule has 9 nitrogen and oxygen atoms in total. The second-order valence-electron chi connectivity index (χ2n) is 5.58. The van der Waals surface area contributed by atoms with Crippen molar-refractivity contribution in [3.63, 3.8) is 0 Å². The van der Waals surface area contributed by atoms with Crippen LogP contribution in [-0.2, 0) is 9.53 Å². The summed E-state index contributed by atoms with van der Waals surface area (Å²) in [5, 5.41) is -0.287. The van der Waals surface area contributed by atoms with E-state index in [9.17, 15) is 4.79 Å². The van der Waals surface area contributed by atoms with Crippen molar-refractivity contribution in [1.82, 2.24) is 14.9 Å². The lowest BCUT2D eigenvalue weighted by Gasteiger charge is -2.35. The topological polar surface area (TPSA) is 103 Å². The molecular weight excluding hydrogens is 362 g/mol. The van der Waals surface area contributed by atoms with Crippen LogP contribution in [0.2, 0.25) is 2.82 Å². The van der Waals surface area contributed by atoms with E-state index in [-0.39, 0.29) is 16.6 Å². The summed E-state index contributed by atoms with van der Waals surface area (Å²) in [6.45, 7) is -11.2. The van der Waals surface area contributed by atoms with Gasteiger partial charge in [0.25, 0.3) is 5.91 Å². The fourth-order valence-corrected chi connectivity index (χ4v) is 2.58. The van der Waals surface area contributed by atoms with Gasteiger partial charge in [-0.05, 0) is 18.8 Å². The Balaban J connectivity index is 1.80. The average molecular weight is 406 g/mol. The van der Waals surface area contributed by atoms with Crippen LogP contribution in [0.3, 0.4) is 0 Å². The van der Waals surface area contributed by atoms with Crippen LogP contribution in [-0.4, -0.2) is 73.6 Å². The molecular formula is C19H25N5O4. The lowest BCUT2D eigenvalue weighted by Crippen LogP contribution is -2.51. The second kappa shape index (κ2) is 7.67. The molecule has 28 heavy (non-hydrogen) atoms. The normalized spacial score (nSPS) is 39.1. The van der Waals surface area contributed by atoms with E-state index in [1.54, 1.807) is 0 Å². The van der Waals surface area contributed by atoms with E-state index in [1.165, 1.54) is 0 Å². The Labute approximate surface area is 188 Å². The van der Waals surface area contributed by atoms with Crippen LogP contribution in [0.25, 0.3) is 10.9 Å². The van der Waals surface area contributed by atoms with Crippen molar-refractivity contribution >= 4 is 28.6 Å². The number of fused-ring (bicyclic) bond motifs is 1. The van der Waals surface area contributed by atoms with E-state index < -0.39 is 94.7 Å². The molecule has 2 aromatic rings. The molecule has 2 N–H and O–H groups in total. The van der Waals surface area contributed by atoms with Crippen molar-refractivity contribution in [2.45, 2.75) is 18.8 Å². The molecule has 150 valence electrons. The Morgan fingerprint density at radius 2 is 2.11 bits per heavy atom. The summed E-state index contributed by atoms with van der Waals surface area (Å²) in [6.07, 6.45) is -8.98. The highest BCUT2D eigenvalue weighted by Gasteiger charge is 2.31. The number of anilines is 2. The van der Waals surface area contributed by atoms with Gasteiger partial charge in [-0.3, -0.25) is 4.79 Å². The van der Waals surface area contributed by atoms with Gasteiger partial charge < -0.3 is 29.7 Å². The van der Waals surface area contributed by atoms with Gasteiger partial charge in [-0.25, -0.2) is 4.98 Å². The Bertz CT molecular complexity index is 1510. The molecule has 1 aromatic carbocycles. The maximum Gasteiger partial charge on any atom is 0.251 e. The number of hydrogen-bond donors (Lipinski definition) is 1. The largest absolute Gasteiger partial charge is 0.493 e. The number of rotatable bonds is 5. The number of piperazine rings is 1. The van der Waals surface area contributed by atoms with Crippen LogP contribution < -0.4 is 20.1 Å². The Morgan fingerprint density at radius 1 is 1.32 bits per heavy atom. The molecule has 3 heterocycles. The van der Waals surface area contributed by atoms with Gasteiger partial charge in [0.15, 0.2) is 14.3 Å². The number of methoxy groups -OCH3 is 2. The zero-order chi connectivity index (χ0) is 35.2. The highest BCUT2D eigenvalue weighted by atomic mass is 16.5. The van der Waals surface area contributed by atoms with Crippen molar-refractivity contribution in [2.75, 3.05) is 57.3 Å². The number of ether oxygens (including phenoxy) is 3. The molecule has 2 aliphatic heterocycles. The first-order valence-electron chi connectivity index (χ1n) is 16.7. The summed E-state index contributed by atoms with van der Waals surface area (Å²) >= 11 is 0. The first kappa shape index (κ1) is 6.91. The summed E-state index contributed by atoms with van der Waals surface area (Å²) in [5.74, 6) is -4.28. The molecule has 1 atom stereocenters. The maximum atomic E-state index is 13.3. The SMILES string of the molecule is [2H]N([2H])c1nc(N2C([2H])([2H])CN(C(=O)C3OC([2H])([2H])C([2H])([2H])C3([2H])[2H])CC2([2H])[2H])nc2cc(OC([2H])([2H])[2H])c(OC([2H])([2H])[2H])cc12. The van der Waals surface area contributed by atoms with Gasteiger partial charge in [0, 0.05) is 49.6 Å². The van der Waals surface area contributed by atoms with Gasteiger partial charge in [-0.1, -0.05) is 0 Å². The number of nitrogens with two attached hydrogens (primary N) is 1. The highest BCUT2D eigenvalue weighted by molar-refractivity contribution is 5.91. The molecule has 2 aliphatic rings. The third-order valence-corrected chi connectivity index (χ3v) is 3.96. The molecule has 4 rings (SSSR count). The number of carbonyl (C=O) groups excluding carboxylic acids is 1. The van der Waals surface area contributed by atoms with E-state index in [0.29, 0.717) is 9.80 Å². The summed E-state index contributed by atoms with van der Waals surface area (Å²) in [7, 11) is -6.24. The van der Waals surface area contributed by atoms with Crippen LogP contribution in [0.5, 0.6) is 11.5 Å². The minimum absolute atomic E-state index is 0.0940. The van der Waals surface area contributed by atoms with Gasteiger partial charge >= 0.3 is 0 Å². The predicted octanol–water partition coefficient (Wildman–Crippen LogP) is 1.06. The van der Waals surface area contributed by atoms with Crippen LogP contribution in [0.15, 0.2) is 12.1 Å². The van der Waals surface area contributed by atoms with Crippen LogP contribution >= 0.6 is 0 Å². The number of aromatic nitrogens is 2. The van der Waals surface area contributed by atoms with Crippen molar-refractivity contribution in [1.29, 1.82) is 0 Å². The lowest BCUT2D eigenvalue weighted by molar-refractivity contribution is -0.141. The highest BCUT2D eigenvalue weighted by Crippen LogP contribution is 2.34. The van der Waals surface area contributed by atoms with E-state index in [0.717, 1.165) is 12.1 Å². The van der Waals surface area contributed by atoms with Crippen LogP contribution in [0.4, 0.5) is 11.8 Å².